The van der Waals surface area contributed by atoms with Crippen molar-refractivity contribution in [3.05, 3.63) is 65.9 Å². The number of amides is 2. The Bertz CT molecular complexity index is 991. The number of carbonyl (C=O) groups excluding carboxylic acids is 1. The van der Waals surface area contributed by atoms with Crippen LogP contribution in [0.25, 0.3) is 10.8 Å². The lowest BCUT2D eigenvalue weighted by Gasteiger charge is -2.21. The van der Waals surface area contributed by atoms with Gasteiger partial charge in [-0.1, -0.05) is 35.9 Å². The number of rotatable bonds is 2. The summed E-state index contributed by atoms with van der Waals surface area (Å²) in [6.45, 7) is 0.292. The third kappa shape index (κ3) is 2.57. The standard InChI is InChI=1S/C19H13ClN4O/c20-14-5-7-15(8-6-14)23-12-16(9-21)24(19(23)25)18-11-22-10-13-3-1-2-4-17(13)18/h1-8,10-11,16H,12H2/t16-/m0/s1. The molecule has 2 heterocycles. The minimum absolute atomic E-state index is 0.243. The Morgan fingerprint density at radius 2 is 1.88 bits per heavy atom. The van der Waals surface area contributed by atoms with E-state index in [4.69, 9.17) is 11.6 Å². The molecule has 25 heavy (non-hydrogen) atoms. The second-order valence-corrected chi connectivity index (χ2v) is 6.20. The highest BCUT2D eigenvalue weighted by molar-refractivity contribution is 6.30. The van der Waals surface area contributed by atoms with Gasteiger partial charge in [-0.15, -0.1) is 0 Å². The molecule has 1 fully saturated rings. The number of anilines is 2. The predicted molar refractivity (Wildman–Crippen MR) is 97.8 cm³/mol. The number of hydrogen-bond acceptors (Lipinski definition) is 3. The van der Waals surface area contributed by atoms with Gasteiger partial charge in [0, 0.05) is 27.7 Å². The second-order valence-electron chi connectivity index (χ2n) is 5.76. The molecule has 1 saturated heterocycles. The summed E-state index contributed by atoms with van der Waals surface area (Å²) >= 11 is 5.93. The smallest absolute Gasteiger partial charge is 0.291 e. The third-order valence-corrected chi connectivity index (χ3v) is 4.55. The van der Waals surface area contributed by atoms with Crippen molar-refractivity contribution >= 4 is 39.8 Å². The van der Waals surface area contributed by atoms with Crippen LogP contribution in [0.5, 0.6) is 0 Å². The Balaban J connectivity index is 1.80. The second kappa shape index (κ2) is 6.08. The minimum Gasteiger partial charge on any atom is -0.291 e. The Hall–Kier alpha value is -3.10. The molecule has 3 aromatic rings. The normalized spacial score (nSPS) is 17.1. The molecule has 1 aliphatic rings. The molecule has 0 radical (unpaired) electrons. The molecule has 0 aliphatic carbocycles. The molecule has 0 unspecified atom stereocenters. The molecule has 2 amide bonds. The van der Waals surface area contributed by atoms with Gasteiger partial charge in [0.05, 0.1) is 24.5 Å². The number of hydrogen-bond donors (Lipinski definition) is 0. The Kier molecular flexibility index (Phi) is 3.75. The van der Waals surface area contributed by atoms with Gasteiger partial charge in [-0.3, -0.25) is 14.8 Å². The third-order valence-electron chi connectivity index (χ3n) is 4.30. The molecule has 0 bridgehead atoms. The molecule has 5 nitrogen and oxygen atoms in total. The van der Waals surface area contributed by atoms with E-state index in [-0.39, 0.29) is 6.03 Å². The van der Waals surface area contributed by atoms with Crippen molar-refractivity contribution in [2.45, 2.75) is 6.04 Å². The zero-order chi connectivity index (χ0) is 17.4. The van der Waals surface area contributed by atoms with E-state index in [9.17, 15) is 10.1 Å². The van der Waals surface area contributed by atoms with Gasteiger partial charge in [0.1, 0.15) is 6.04 Å². The fourth-order valence-corrected chi connectivity index (χ4v) is 3.22. The van der Waals surface area contributed by atoms with Crippen LogP contribution in [0, 0.1) is 11.3 Å². The SMILES string of the molecule is N#C[C@H]1CN(c2ccc(Cl)cc2)C(=O)N1c1cncc2ccccc12. The molecular weight excluding hydrogens is 336 g/mol. The van der Waals surface area contributed by atoms with Crippen molar-refractivity contribution in [1.82, 2.24) is 4.98 Å². The van der Waals surface area contributed by atoms with E-state index < -0.39 is 6.04 Å². The van der Waals surface area contributed by atoms with Gasteiger partial charge in [-0.2, -0.15) is 5.26 Å². The fourth-order valence-electron chi connectivity index (χ4n) is 3.09. The van der Waals surface area contributed by atoms with E-state index in [1.54, 1.807) is 41.6 Å². The highest BCUT2D eigenvalue weighted by atomic mass is 35.5. The zero-order valence-corrected chi connectivity index (χ0v) is 13.9. The first-order valence-corrected chi connectivity index (χ1v) is 8.15. The Morgan fingerprint density at radius 3 is 2.64 bits per heavy atom. The molecule has 0 spiro atoms. The first kappa shape index (κ1) is 15.4. The van der Waals surface area contributed by atoms with Gasteiger partial charge in [0.25, 0.3) is 0 Å². The molecule has 122 valence electrons. The van der Waals surface area contributed by atoms with Crippen LogP contribution in [0.15, 0.2) is 60.9 Å². The van der Waals surface area contributed by atoms with Gasteiger partial charge >= 0.3 is 6.03 Å². The molecule has 0 saturated carbocycles. The molecule has 1 aromatic heterocycles. The Morgan fingerprint density at radius 1 is 1.12 bits per heavy atom. The number of pyridine rings is 1. The van der Waals surface area contributed by atoms with Crippen LogP contribution in [-0.4, -0.2) is 23.6 Å². The monoisotopic (exact) mass is 348 g/mol. The van der Waals surface area contributed by atoms with Crippen molar-refractivity contribution in [3.63, 3.8) is 0 Å². The molecule has 4 rings (SSSR count). The molecular formula is C19H13ClN4O. The maximum absolute atomic E-state index is 13.0. The first-order chi connectivity index (χ1) is 12.2. The van der Waals surface area contributed by atoms with Crippen molar-refractivity contribution in [3.8, 4) is 6.07 Å². The fraction of sp³-hybridized carbons (Fsp3) is 0.105. The average Bonchev–Trinajstić information content (AvgIpc) is 2.98. The summed E-state index contributed by atoms with van der Waals surface area (Å²) in [5.41, 5.74) is 1.36. The van der Waals surface area contributed by atoms with Crippen LogP contribution in [-0.2, 0) is 0 Å². The quantitative estimate of drug-likeness (QED) is 0.696. The van der Waals surface area contributed by atoms with Gasteiger partial charge in [-0.05, 0) is 24.3 Å². The number of aromatic nitrogens is 1. The lowest BCUT2D eigenvalue weighted by molar-refractivity contribution is 0.255. The van der Waals surface area contributed by atoms with Crippen LogP contribution in [0.1, 0.15) is 0 Å². The first-order valence-electron chi connectivity index (χ1n) is 7.77. The van der Waals surface area contributed by atoms with Crippen molar-refractivity contribution in [2.24, 2.45) is 0 Å². The Labute approximate surface area is 149 Å². The minimum atomic E-state index is -0.587. The molecule has 1 aliphatic heterocycles. The van der Waals surface area contributed by atoms with E-state index in [2.05, 4.69) is 11.1 Å². The predicted octanol–water partition coefficient (Wildman–Crippen LogP) is 4.23. The number of carbonyl (C=O) groups is 1. The lowest BCUT2D eigenvalue weighted by Crippen LogP contribution is -2.34. The van der Waals surface area contributed by atoms with Crippen LogP contribution in [0.3, 0.4) is 0 Å². The summed E-state index contributed by atoms with van der Waals surface area (Å²) in [4.78, 5) is 20.4. The number of urea groups is 1. The van der Waals surface area contributed by atoms with Gasteiger partial charge in [0.2, 0.25) is 0 Å². The summed E-state index contributed by atoms with van der Waals surface area (Å²) in [7, 11) is 0. The van der Waals surface area contributed by atoms with Crippen molar-refractivity contribution < 1.29 is 4.79 Å². The van der Waals surface area contributed by atoms with E-state index in [1.807, 2.05) is 24.3 Å². The number of benzene rings is 2. The van der Waals surface area contributed by atoms with Crippen molar-refractivity contribution in [2.75, 3.05) is 16.3 Å². The summed E-state index contributed by atoms with van der Waals surface area (Å²) in [5, 5.41) is 12.0. The zero-order valence-electron chi connectivity index (χ0n) is 13.1. The largest absolute Gasteiger partial charge is 0.330 e. The van der Waals surface area contributed by atoms with E-state index >= 15 is 0 Å². The average molecular weight is 349 g/mol. The van der Waals surface area contributed by atoms with Crippen LogP contribution >= 0.6 is 11.6 Å². The van der Waals surface area contributed by atoms with E-state index in [0.717, 1.165) is 10.8 Å². The summed E-state index contributed by atoms with van der Waals surface area (Å²) in [6.07, 6.45) is 3.38. The van der Waals surface area contributed by atoms with Gasteiger partial charge in [-0.25, -0.2) is 4.79 Å². The summed E-state index contributed by atoms with van der Waals surface area (Å²) in [6, 6.07) is 16.1. The number of fused-ring (bicyclic) bond motifs is 1. The molecule has 2 aromatic carbocycles. The molecule has 0 N–H and O–H groups in total. The van der Waals surface area contributed by atoms with Crippen molar-refractivity contribution in [1.29, 1.82) is 5.26 Å². The van der Waals surface area contributed by atoms with E-state index in [1.165, 1.54) is 4.90 Å². The highest BCUT2D eigenvalue weighted by Gasteiger charge is 2.40. The maximum atomic E-state index is 13.0. The maximum Gasteiger partial charge on any atom is 0.330 e. The van der Waals surface area contributed by atoms with Crippen LogP contribution in [0.4, 0.5) is 16.2 Å². The van der Waals surface area contributed by atoms with Crippen LogP contribution in [0.2, 0.25) is 5.02 Å². The van der Waals surface area contributed by atoms with Gasteiger partial charge in [0.15, 0.2) is 0 Å². The number of halogens is 1. The summed E-state index contributed by atoms with van der Waals surface area (Å²) < 4.78 is 0. The number of nitrogens with zero attached hydrogens (tertiary/aromatic N) is 4. The lowest BCUT2D eigenvalue weighted by atomic mass is 10.1. The highest BCUT2D eigenvalue weighted by Crippen LogP contribution is 2.33. The topological polar surface area (TPSA) is 60.2 Å². The van der Waals surface area contributed by atoms with Crippen LogP contribution < -0.4 is 9.80 Å². The molecule has 1 atom stereocenters. The van der Waals surface area contributed by atoms with Gasteiger partial charge < -0.3 is 0 Å². The molecule has 6 heteroatoms. The van der Waals surface area contributed by atoms with E-state index in [0.29, 0.717) is 22.9 Å². The number of nitriles is 1. The summed E-state index contributed by atoms with van der Waals surface area (Å²) in [5.74, 6) is 0.